The standard InChI is InChI=1S/C15H14N6OS2/c22-12(18-15-21-19-13(24-15)11-5-6-11)10-3-1-9(2-4-10)7-23-14-16-8-17-20-14/h1-4,8,11H,5-7H2,(H,16,17,20)(H,18,21,22). The average molecular weight is 358 g/mol. The van der Waals surface area contributed by atoms with E-state index in [-0.39, 0.29) is 5.91 Å². The van der Waals surface area contributed by atoms with E-state index < -0.39 is 0 Å². The Morgan fingerprint density at radius 1 is 1.29 bits per heavy atom. The van der Waals surface area contributed by atoms with Crippen molar-refractivity contribution in [2.24, 2.45) is 0 Å². The highest BCUT2D eigenvalue weighted by molar-refractivity contribution is 7.98. The van der Waals surface area contributed by atoms with Gasteiger partial charge in [-0.25, -0.2) is 4.98 Å². The molecule has 1 aliphatic carbocycles. The van der Waals surface area contributed by atoms with Gasteiger partial charge in [0.25, 0.3) is 5.91 Å². The van der Waals surface area contributed by atoms with Crippen molar-refractivity contribution in [3.8, 4) is 0 Å². The predicted octanol–water partition coefficient (Wildman–Crippen LogP) is 3.08. The number of aromatic amines is 1. The van der Waals surface area contributed by atoms with Crippen molar-refractivity contribution in [2.45, 2.75) is 29.7 Å². The van der Waals surface area contributed by atoms with E-state index in [1.54, 1.807) is 11.8 Å². The molecular formula is C15H14N6OS2. The Morgan fingerprint density at radius 2 is 2.12 bits per heavy atom. The Morgan fingerprint density at radius 3 is 2.83 bits per heavy atom. The fourth-order valence-corrected chi connectivity index (χ4v) is 3.76. The summed E-state index contributed by atoms with van der Waals surface area (Å²) in [7, 11) is 0. The number of carbonyl (C=O) groups is 1. The minimum absolute atomic E-state index is 0.164. The van der Waals surface area contributed by atoms with E-state index in [2.05, 4.69) is 30.7 Å². The molecule has 1 saturated carbocycles. The molecule has 0 aliphatic heterocycles. The van der Waals surface area contributed by atoms with Gasteiger partial charge in [0.05, 0.1) is 0 Å². The number of nitrogens with zero attached hydrogens (tertiary/aromatic N) is 4. The highest BCUT2D eigenvalue weighted by atomic mass is 32.2. The first kappa shape index (κ1) is 15.3. The van der Waals surface area contributed by atoms with Gasteiger partial charge in [-0.1, -0.05) is 35.2 Å². The average Bonchev–Trinajstić information content (AvgIpc) is 3.13. The van der Waals surface area contributed by atoms with Crippen molar-refractivity contribution >= 4 is 34.1 Å². The monoisotopic (exact) mass is 358 g/mol. The largest absolute Gasteiger partial charge is 0.296 e. The number of rotatable bonds is 6. The van der Waals surface area contributed by atoms with Crippen LogP contribution in [0.3, 0.4) is 0 Å². The normalized spacial score (nSPS) is 13.8. The molecule has 0 bridgehead atoms. The van der Waals surface area contributed by atoms with Gasteiger partial charge in [0.1, 0.15) is 11.3 Å². The summed E-state index contributed by atoms with van der Waals surface area (Å²) < 4.78 is 0. The van der Waals surface area contributed by atoms with E-state index in [0.717, 1.165) is 21.5 Å². The summed E-state index contributed by atoms with van der Waals surface area (Å²) >= 11 is 3.02. The molecule has 1 aromatic carbocycles. The molecule has 2 aromatic heterocycles. The first-order valence-corrected chi connectivity index (χ1v) is 9.30. The molecule has 7 nitrogen and oxygen atoms in total. The number of hydrogen-bond donors (Lipinski definition) is 2. The van der Waals surface area contributed by atoms with E-state index in [9.17, 15) is 4.79 Å². The Hall–Kier alpha value is -2.26. The quantitative estimate of drug-likeness (QED) is 0.657. The molecule has 2 heterocycles. The number of benzene rings is 1. The summed E-state index contributed by atoms with van der Waals surface area (Å²) in [6, 6.07) is 7.50. The lowest BCUT2D eigenvalue weighted by atomic mass is 10.1. The molecule has 122 valence electrons. The molecule has 24 heavy (non-hydrogen) atoms. The number of hydrogen-bond acceptors (Lipinski definition) is 7. The van der Waals surface area contributed by atoms with Gasteiger partial charge in [0, 0.05) is 17.2 Å². The van der Waals surface area contributed by atoms with Gasteiger partial charge >= 0.3 is 0 Å². The molecule has 0 atom stereocenters. The maximum atomic E-state index is 12.3. The van der Waals surface area contributed by atoms with E-state index >= 15 is 0 Å². The lowest BCUT2D eigenvalue weighted by Crippen LogP contribution is -2.11. The number of H-pyrrole nitrogens is 1. The van der Waals surface area contributed by atoms with Crippen LogP contribution in [0.5, 0.6) is 0 Å². The molecule has 1 amide bonds. The Balaban J connectivity index is 1.35. The molecule has 0 unspecified atom stereocenters. The highest BCUT2D eigenvalue weighted by Crippen LogP contribution is 2.42. The molecule has 3 aromatic rings. The maximum absolute atomic E-state index is 12.3. The van der Waals surface area contributed by atoms with E-state index in [0.29, 0.717) is 16.6 Å². The van der Waals surface area contributed by atoms with Crippen LogP contribution >= 0.6 is 23.1 Å². The lowest BCUT2D eigenvalue weighted by molar-refractivity contribution is 0.102. The number of nitrogens with one attached hydrogen (secondary N) is 2. The second kappa shape index (κ2) is 6.70. The molecule has 0 spiro atoms. The van der Waals surface area contributed by atoms with Gasteiger partial charge in [0.15, 0.2) is 5.16 Å². The third-order valence-corrected chi connectivity index (χ3v) is 5.52. The molecule has 1 fully saturated rings. The zero-order valence-electron chi connectivity index (χ0n) is 12.6. The third-order valence-electron chi connectivity index (χ3n) is 3.57. The highest BCUT2D eigenvalue weighted by Gasteiger charge is 2.27. The van der Waals surface area contributed by atoms with Gasteiger partial charge in [-0.2, -0.15) is 5.10 Å². The van der Waals surface area contributed by atoms with Gasteiger partial charge in [-0.15, -0.1) is 10.2 Å². The zero-order chi connectivity index (χ0) is 16.4. The van der Waals surface area contributed by atoms with E-state index in [1.165, 1.54) is 30.5 Å². The van der Waals surface area contributed by atoms with Crippen LogP contribution in [0, 0.1) is 0 Å². The minimum Gasteiger partial charge on any atom is -0.296 e. The van der Waals surface area contributed by atoms with Crippen molar-refractivity contribution in [1.82, 2.24) is 25.4 Å². The van der Waals surface area contributed by atoms with Gasteiger partial charge in [0.2, 0.25) is 5.13 Å². The second-order valence-electron chi connectivity index (χ2n) is 5.45. The van der Waals surface area contributed by atoms with Crippen LogP contribution in [0.15, 0.2) is 35.7 Å². The number of anilines is 1. The van der Waals surface area contributed by atoms with Gasteiger partial charge in [-0.3, -0.25) is 15.2 Å². The van der Waals surface area contributed by atoms with Crippen molar-refractivity contribution in [1.29, 1.82) is 0 Å². The van der Waals surface area contributed by atoms with Crippen molar-refractivity contribution in [2.75, 3.05) is 5.32 Å². The number of amides is 1. The van der Waals surface area contributed by atoms with Gasteiger partial charge in [-0.05, 0) is 30.5 Å². The molecule has 1 aliphatic rings. The third kappa shape index (κ3) is 3.62. The summed E-state index contributed by atoms with van der Waals surface area (Å²) in [6.07, 6.45) is 3.84. The first-order chi connectivity index (χ1) is 11.8. The fraction of sp³-hybridized carbons (Fsp3) is 0.267. The fourth-order valence-electron chi connectivity index (χ4n) is 2.12. The van der Waals surface area contributed by atoms with Crippen LogP contribution in [0.2, 0.25) is 0 Å². The van der Waals surface area contributed by atoms with Crippen LogP contribution in [0.4, 0.5) is 5.13 Å². The van der Waals surface area contributed by atoms with E-state index in [4.69, 9.17) is 0 Å². The van der Waals surface area contributed by atoms with Crippen LogP contribution in [0.25, 0.3) is 0 Å². The summed E-state index contributed by atoms with van der Waals surface area (Å²) in [6.45, 7) is 0. The molecule has 9 heteroatoms. The summed E-state index contributed by atoms with van der Waals surface area (Å²) in [5.74, 6) is 1.15. The van der Waals surface area contributed by atoms with E-state index in [1.807, 2.05) is 24.3 Å². The lowest BCUT2D eigenvalue weighted by Gasteiger charge is -2.03. The van der Waals surface area contributed by atoms with Crippen LogP contribution in [0.1, 0.15) is 39.7 Å². The summed E-state index contributed by atoms with van der Waals surface area (Å²) in [5, 5.41) is 19.9. The topological polar surface area (TPSA) is 96.5 Å². The van der Waals surface area contributed by atoms with Gasteiger partial charge < -0.3 is 0 Å². The Kier molecular flexibility index (Phi) is 4.26. The minimum atomic E-state index is -0.164. The molecule has 2 N–H and O–H groups in total. The number of aromatic nitrogens is 5. The molecule has 0 radical (unpaired) electrons. The van der Waals surface area contributed by atoms with Crippen molar-refractivity contribution in [3.63, 3.8) is 0 Å². The van der Waals surface area contributed by atoms with Crippen LogP contribution in [-0.4, -0.2) is 31.3 Å². The van der Waals surface area contributed by atoms with Crippen molar-refractivity contribution < 1.29 is 4.79 Å². The molecule has 0 saturated heterocycles. The molecule has 4 rings (SSSR count). The second-order valence-corrected chi connectivity index (χ2v) is 7.42. The Bertz CT molecular complexity index is 826. The Labute approximate surface area is 146 Å². The SMILES string of the molecule is O=C(Nc1nnc(C2CC2)s1)c1ccc(CSc2ncn[nH]2)cc1. The molecular weight excluding hydrogens is 344 g/mol. The predicted molar refractivity (Wildman–Crippen MR) is 92.2 cm³/mol. The van der Waals surface area contributed by atoms with Crippen molar-refractivity contribution in [3.05, 3.63) is 46.7 Å². The maximum Gasteiger partial charge on any atom is 0.257 e. The number of carbonyl (C=O) groups excluding carboxylic acids is 1. The smallest absolute Gasteiger partial charge is 0.257 e. The summed E-state index contributed by atoms with van der Waals surface area (Å²) in [4.78, 5) is 16.3. The summed E-state index contributed by atoms with van der Waals surface area (Å²) in [5.41, 5.74) is 1.71. The first-order valence-electron chi connectivity index (χ1n) is 7.50. The number of thioether (sulfide) groups is 1. The zero-order valence-corrected chi connectivity index (χ0v) is 14.2. The van der Waals surface area contributed by atoms with Crippen LogP contribution < -0.4 is 5.32 Å². The van der Waals surface area contributed by atoms with Crippen LogP contribution in [-0.2, 0) is 5.75 Å².